The van der Waals surface area contributed by atoms with Gasteiger partial charge in [0.2, 0.25) is 0 Å². The predicted molar refractivity (Wildman–Crippen MR) is 99.5 cm³/mol. The highest BCUT2D eigenvalue weighted by Gasteiger charge is 2.08. The highest BCUT2D eigenvalue weighted by atomic mass is 32.2. The molecule has 21 heavy (non-hydrogen) atoms. The summed E-state index contributed by atoms with van der Waals surface area (Å²) in [4.78, 5) is 4.74. The molecule has 1 aromatic rings. The van der Waals surface area contributed by atoms with Gasteiger partial charge in [0.1, 0.15) is 0 Å². The Morgan fingerprint density at radius 3 is 2.33 bits per heavy atom. The number of rotatable bonds is 8. The average molecular weight is 304 g/mol. The van der Waals surface area contributed by atoms with Gasteiger partial charge < -0.3 is 0 Å². The van der Waals surface area contributed by atoms with Gasteiger partial charge in [-0.15, -0.1) is 24.6 Å². The van der Waals surface area contributed by atoms with E-state index in [-0.39, 0.29) is 0 Å². The second-order valence-electron chi connectivity index (χ2n) is 4.92. The minimum Gasteiger partial charge on any atom is -0.247 e. The van der Waals surface area contributed by atoms with Crippen molar-refractivity contribution in [3.8, 4) is 12.8 Å². The zero-order chi connectivity index (χ0) is 15.9. The van der Waals surface area contributed by atoms with Crippen molar-refractivity contribution in [1.29, 1.82) is 0 Å². The van der Waals surface area contributed by atoms with Crippen LogP contribution in [0.2, 0.25) is 0 Å². The van der Waals surface area contributed by atoms with Gasteiger partial charge in [-0.3, -0.25) is 0 Å². The van der Waals surface area contributed by atoms with E-state index in [1.165, 1.54) is 36.5 Å². The number of hydrogen-bond acceptors (Lipinski definition) is 2. The van der Waals surface area contributed by atoms with E-state index >= 15 is 0 Å². The molecule has 0 aliphatic heterocycles. The Kier molecular flexibility index (Phi) is 13.0. The minimum absolute atomic E-state index is 0.845. The third-order valence-corrected chi connectivity index (χ3v) is 4.69. The summed E-state index contributed by atoms with van der Waals surface area (Å²) < 4.78 is 0. The first kappa shape index (κ1) is 19.8. The number of aliphatic imine (C=N–C) groups is 1. The van der Waals surface area contributed by atoms with Crippen LogP contribution in [0.25, 0.3) is 0 Å². The van der Waals surface area contributed by atoms with Crippen molar-refractivity contribution in [2.45, 2.75) is 52.9 Å². The van der Waals surface area contributed by atoms with Gasteiger partial charge in [0, 0.05) is 5.75 Å². The molecule has 0 fully saturated rings. The number of nitrogens with zero attached hydrogens (tertiary/aromatic N) is 1. The molecule has 1 nitrogen and oxygen atoms in total. The van der Waals surface area contributed by atoms with Crippen LogP contribution in [-0.2, 0) is 0 Å². The van der Waals surface area contributed by atoms with Gasteiger partial charge in [-0.25, -0.2) is 4.99 Å². The van der Waals surface area contributed by atoms with Crippen molar-refractivity contribution in [3.05, 3.63) is 30.3 Å². The number of thioether (sulfide) groups is 1. The van der Waals surface area contributed by atoms with E-state index in [2.05, 4.69) is 45.8 Å². The van der Waals surface area contributed by atoms with Crippen molar-refractivity contribution >= 4 is 22.5 Å². The van der Waals surface area contributed by atoms with Crippen molar-refractivity contribution in [1.82, 2.24) is 0 Å². The Morgan fingerprint density at radius 2 is 1.81 bits per heavy atom. The lowest BCUT2D eigenvalue weighted by molar-refractivity contribution is 0.500. The summed E-state index contributed by atoms with van der Waals surface area (Å²) >= 11 is 1.95. The molecule has 0 heterocycles. The van der Waals surface area contributed by atoms with Crippen LogP contribution in [0.5, 0.6) is 0 Å². The van der Waals surface area contributed by atoms with E-state index in [1.807, 2.05) is 30.0 Å². The molecule has 0 bridgehead atoms. The maximum absolute atomic E-state index is 4.74. The fraction of sp³-hybridized carbons (Fsp3) is 0.526. The molecule has 1 rings (SSSR count). The SMILES string of the molecule is C#C.CCCCC(CC)CSC(CC)=Nc1ccccc1. The van der Waals surface area contributed by atoms with Gasteiger partial charge >= 0.3 is 0 Å². The van der Waals surface area contributed by atoms with Gasteiger partial charge in [0.15, 0.2) is 0 Å². The lowest BCUT2D eigenvalue weighted by Gasteiger charge is -2.14. The highest BCUT2D eigenvalue weighted by Crippen LogP contribution is 2.22. The number of benzene rings is 1. The Balaban J connectivity index is 0.00000191. The molecule has 1 atom stereocenters. The molecule has 116 valence electrons. The van der Waals surface area contributed by atoms with Gasteiger partial charge in [0.05, 0.1) is 10.7 Å². The first-order chi connectivity index (χ1) is 10.3. The zero-order valence-electron chi connectivity index (χ0n) is 13.7. The summed E-state index contributed by atoms with van der Waals surface area (Å²) in [5.74, 6) is 2.06. The van der Waals surface area contributed by atoms with Gasteiger partial charge in [-0.2, -0.15) is 0 Å². The molecule has 0 spiro atoms. The second-order valence-corrected chi connectivity index (χ2v) is 6.02. The Bertz CT molecular complexity index is 395. The molecule has 0 radical (unpaired) electrons. The molecular weight excluding hydrogens is 274 g/mol. The Hall–Kier alpha value is -1.20. The molecular formula is C19H29NS. The fourth-order valence-corrected chi connectivity index (χ4v) is 3.18. The van der Waals surface area contributed by atoms with Crippen LogP contribution in [0.3, 0.4) is 0 Å². The first-order valence-corrected chi connectivity index (χ1v) is 8.87. The average Bonchev–Trinajstić information content (AvgIpc) is 2.56. The van der Waals surface area contributed by atoms with Gasteiger partial charge in [-0.1, -0.05) is 58.2 Å². The third kappa shape index (κ3) is 9.37. The fourth-order valence-electron chi connectivity index (χ4n) is 1.97. The summed E-state index contributed by atoms with van der Waals surface area (Å²) in [6, 6.07) is 10.3. The topological polar surface area (TPSA) is 12.4 Å². The van der Waals surface area contributed by atoms with Gasteiger partial charge in [0.25, 0.3) is 0 Å². The van der Waals surface area contributed by atoms with E-state index in [4.69, 9.17) is 4.99 Å². The molecule has 0 saturated carbocycles. The lowest BCUT2D eigenvalue weighted by atomic mass is 10.0. The van der Waals surface area contributed by atoms with E-state index in [0.29, 0.717) is 0 Å². The number of unbranched alkanes of at least 4 members (excludes halogenated alkanes) is 1. The standard InChI is InChI=1S/C17H27NS.C2H2/c1-4-7-11-15(5-2)14-19-17(6-3)18-16-12-9-8-10-13-16;1-2/h8-10,12-13,15H,4-7,11,14H2,1-3H3;1-2H. The first-order valence-electron chi connectivity index (χ1n) is 7.88. The molecule has 1 aromatic carbocycles. The largest absolute Gasteiger partial charge is 0.247 e. The van der Waals surface area contributed by atoms with E-state index in [9.17, 15) is 0 Å². The minimum atomic E-state index is 0.845. The summed E-state index contributed by atoms with van der Waals surface area (Å²) in [6.07, 6.45) is 14.3. The smallest absolute Gasteiger partial charge is 0.0735 e. The van der Waals surface area contributed by atoms with E-state index in [1.54, 1.807) is 0 Å². The van der Waals surface area contributed by atoms with Gasteiger partial charge in [-0.05, 0) is 30.9 Å². The van der Waals surface area contributed by atoms with Crippen LogP contribution in [0, 0.1) is 18.8 Å². The molecule has 0 saturated heterocycles. The highest BCUT2D eigenvalue weighted by molar-refractivity contribution is 8.13. The van der Waals surface area contributed by atoms with Crippen LogP contribution in [0.1, 0.15) is 52.9 Å². The number of terminal acetylenes is 1. The monoisotopic (exact) mass is 303 g/mol. The maximum atomic E-state index is 4.74. The molecule has 0 amide bonds. The van der Waals surface area contributed by atoms with Crippen LogP contribution < -0.4 is 0 Å². The number of hydrogen-bond donors (Lipinski definition) is 0. The van der Waals surface area contributed by atoms with Crippen LogP contribution in [0.15, 0.2) is 35.3 Å². The summed E-state index contributed by atoms with van der Waals surface area (Å²) in [7, 11) is 0. The Labute approximate surface area is 135 Å². The lowest BCUT2D eigenvalue weighted by Crippen LogP contribution is -2.04. The molecule has 0 aliphatic rings. The van der Waals surface area contributed by atoms with Crippen molar-refractivity contribution < 1.29 is 0 Å². The van der Waals surface area contributed by atoms with Crippen molar-refractivity contribution in [2.24, 2.45) is 10.9 Å². The second kappa shape index (κ2) is 13.8. The third-order valence-electron chi connectivity index (χ3n) is 3.34. The van der Waals surface area contributed by atoms with Crippen LogP contribution >= 0.6 is 11.8 Å². The van der Waals surface area contributed by atoms with E-state index < -0.39 is 0 Å². The van der Waals surface area contributed by atoms with Crippen molar-refractivity contribution in [3.63, 3.8) is 0 Å². The molecule has 0 aliphatic carbocycles. The van der Waals surface area contributed by atoms with Crippen LogP contribution in [-0.4, -0.2) is 10.8 Å². The molecule has 0 aromatic heterocycles. The quantitative estimate of drug-likeness (QED) is 0.311. The summed E-state index contributed by atoms with van der Waals surface area (Å²) in [5.41, 5.74) is 1.08. The maximum Gasteiger partial charge on any atom is 0.0735 e. The molecule has 0 N–H and O–H groups in total. The Morgan fingerprint density at radius 1 is 1.14 bits per heavy atom. The molecule has 2 heteroatoms. The normalized spacial score (nSPS) is 12.3. The predicted octanol–water partition coefficient (Wildman–Crippen LogP) is 6.33. The zero-order valence-corrected chi connectivity index (χ0v) is 14.5. The van der Waals surface area contributed by atoms with E-state index in [0.717, 1.165) is 18.0 Å². The number of para-hydroxylation sites is 1. The summed E-state index contributed by atoms with van der Waals surface area (Å²) in [5, 5.41) is 1.26. The van der Waals surface area contributed by atoms with Crippen LogP contribution in [0.4, 0.5) is 5.69 Å². The molecule has 1 unspecified atom stereocenters. The van der Waals surface area contributed by atoms with Crippen molar-refractivity contribution in [2.75, 3.05) is 5.75 Å². The summed E-state index contributed by atoms with van der Waals surface area (Å²) in [6.45, 7) is 6.77.